The van der Waals surface area contributed by atoms with Crippen LogP contribution in [0.4, 0.5) is 11.4 Å². The second kappa shape index (κ2) is 13.1. The number of ether oxygens (including phenoxy) is 1. The van der Waals surface area contributed by atoms with Gasteiger partial charge in [-0.25, -0.2) is 0 Å². The first-order valence-corrected chi connectivity index (χ1v) is 14.1. The molecule has 0 unspecified atom stereocenters. The van der Waals surface area contributed by atoms with Crippen LogP contribution >= 0.6 is 0 Å². The second-order valence-corrected chi connectivity index (χ2v) is 10.2. The molecule has 1 aliphatic rings. The molecule has 0 atom stereocenters. The van der Waals surface area contributed by atoms with Gasteiger partial charge in [-0.1, -0.05) is 102 Å². The van der Waals surface area contributed by atoms with Gasteiger partial charge in [0.2, 0.25) is 0 Å². The predicted molar refractivity (Wildman–Crippen MR) is 173 cm³/mol. The number of aromatic nitrogens is 1. The molecule has 0 saturated heterocycles. The molecule has 0 saturated carbocycles. The van der Waals surface area contributed by atoms with Crippen molar-refractivity contribution in [3.63, 3.8) is 0 Å². The Morgan fingerprint density at radius 2 is 1.25 bits per heavy atom. The number of para-hydroxylation sites is 1. The molecule has 1 aliphatic heterocycles. The molecule has 218 valence electrons. The molecule has 1 aromatic heterocycles. The van der Waals surface area contributed by atoms with Crippen LogP contribution in [0.1, 0.15) is 11.1 Å². The van der Waals surface area contributed by atoms with Crippen LogP contribution in [0.3, 0.4) is 0 Å². The molecule has 0 bridgehead atoms. The van der Waals surface area contributed by atoms with Crippen molar-refractivity contribution >= 4 is 17.2 Å². The van der Waals surface area contributed by atoms with Crippen molar-refractivity contribution in [3.05, 3.63) is 169 Å². The van der Waals surface area contributed by atoms with E-state index in [0.717, 1.165) is 50.9 Å². The van der Waals surface area contributed by atoms with Crippen LogP contribution in [0.5, 0.6) is 11.5 Å². The monoisotopic (exact) mass is 750 g/mol. The molecule has 0 fully saturated rings. The molecule has 0 amide bonds. The number of amidine groups is 1. The molecule has 6 heteroatoms. The number of anilines is 2. The van der Waals surface area contributed by atoms with E-state index in [4.69, 9.17) is 14.8 Å². The van der Waals surface area contributed by atoms with E-state index < -0.39 is 0 Å². The molecule has 0 radical (unpaired) electrons. The van der Waals surface area contributed by atoms with Gasteiger partial charge in [0.05, 0.1) is 5.69 Å². The first kappa shape index (κ1) is 29.1. The summed E-state index contributed by atoms with van der Waals surface area (Å²) in [6, 6.07) is 53.1. The first-order chi connectivity index (χ1) is 21.2. The van der Waals surface area contributed by atoms with Gasteiger partial charge in [-0.05, 0) is 36.4 Å². The van der Waals surface area contributed by atoms with Crippen LogP contribution in [0.25, 0.3) is 22.5 Å². The molecule has 44 heavy (non-hydrogen) atoms. The zero-order chi connectivity index (χ0) is 29.0. The number of hydrogen-bond donors (Lipinski definition) is 0. The SMILES string of the molecule is Cc1cc(-c2[c-]c(Oc3[c-]c(N4[CH-]N(c5ccccc5)C(c5ccccc5)=N4)ccc3)ccc2)nc(-c2ccccc2)c1.[Pt]. The summed E-state index contributed by atoms with van der Waals surface area (Å²) in [5.41, 5.74) is 7.64. The summed E-state index contributed by atoms with van der Waals surface area (Å²) in [5.74, 6) is 1.98. The number of benzene rings is 5. The van der Waals surface area contributed by atoms with E-state index in [1.54, 1.807) is 0 Å². The maximum Gasteiger partial charge on any atom is 0.129 e. The van der Waals surface area contributed by atoms with Crippen molar-refractivity contribution in [1.29, 1.82) is 0 Å². The third-order valence-corrected chi connectivity index (χ3v) is 7.03. The van der Waals surface area contributed by atoms with Crippen molar-refractivity contribution in [3.8, 4) is 34.0 Å². The van der Waals surface area contributed by atoms with Crippen LogP contribution < -0.4 is 14.6 Å². The number of rotatable bonds is 7. The van der Waals surface area contributed by atoms with Crippen LogP contribution in [0, 0.1) is 25.7 Å². The second-order valence-electron chi connectivity index (χ2n) is 10.2. The van der Waals surface area contributed by atoms with Crippen molar-refractivity contribution < 1.29 is 25.8 Å². The molecular weight excluding hydrogens is 724 g/mol. The molecule has 7 rings (SSSR count). The van der Waals surface area contributed by atoms with Gasteiger partial charge in [-0.15, -0.1) is 48.6 Å². The molecule has 6 aromatic rings. The van der Waals surface area contributed by atoms with Crippen LogP contribution in [-0.4, -0.2) is 10.8 Å². The van der Waals surface area contributed by atoms with Crippen molar-refractivity contribution in [2.24, 2.45) is 5.10 Å². The third kappa shape index (κ3) is 6.34. The predicted octanol–water partition coefficient (Wildman–Crippen LogP) is 8.92. The van der Waals surface area contributed by atoms with E-state index >= 15 is 0 Å². The minimum Gasteiger partial charge on any atom is -0.503 e. The molecule has 5 nitrogen and oxygen atoms in total. The standard InChI is InChI=1S/C38H27N4O.Pt/c1-28-23-36(29-13-5-2-6-14-29)39-37(24-28)31-17-11-21-34(25-31)43-35-22-12-20-33(26-35)42-27-41(32-18-9-4-10-19-32)38(40-42)30-15-7-3-8-16-30;/h2-24,27H,1H3;/q-3;. The summed E-state index contributed by atoms with van der Waals surface area (Å²) in [6.45, 7) is 4.05. The topological polar surface area (TPSA) is 41.0 Å². The van der Waals surface area contributed by atoms with E-state index in [2.05, 4.69) is 72.5 Å². The van der Waals surface area contributed by atoms with Gasteiger partial charge in [0, 0.05) is 43.8 Å². The fraction of sp³-hybridized carbons (Fsp3) is 0.0263. The van der Waals surface area contributed by atoms with Gasteiger partial charge < -0.3 is 14.6 Å². The number of hydrogen-bond acceptors (Lipinski definition) is 5. The zero-order valence-electron chi connectivity index (χ0n) is 23.9. The van der Waals surface area contributed by atoms with Crippen LogP contribution in [0.2, 0.25) is 0 Å². The van der Waals surface area contributed by atoms with Gasteiger partial charge in [0.1, 0.15) is 5.84 Å². The minimum atomic E-state index is 0. The Kier molecular flexibility index (Phi) is 8.67. The largest absolute Gasteiger partial charge is 0.503 e. The van der Waals surface area contributed by atoms with Crippen molar-refractivity contribution in [2.45, 2.75) is 6.92 Å². The number of aryl methyl sites for hydroxylation is 1. The van der Waals surface area contributed by atoms with E-state index in [-0.39, 0.29) is 21.1 Å². The maximum absolute atomic E-state index is 6.27. The van der Waals surface area contributed by atoms with Crippen LogP contribution in [-0.2, 0) is 21.1 Å². The van der Waals surface area contributed by atoms with E-state index in [0.29, 0.717) is 11.5 Å². The Morgan fingerprint density at radius 3 is 1.98 bits per heavy atom. The van der Waals surface area contributed by atoms with Gasteiger partial charge >= 0.3 is 0 Å². The molecule has 5 aromatic carbocycles. The Hall–Kier alpha value is -4.99. The number of pyridine rings is 1. The fourth-order valence-corrected chi connectivity index (χ4v) is 4.98. The average Bonchev–Trinajstić information content (AvgIpc) is 3.52. The van der Waals surface area contributed by atoms with E-state index in [1.165, 1.54) is 0 Å². The minimum absolute atomic E-state index is 0. The summed E-state index contributed by atoms with van der Waals surface area (Å²) < 4.78 is 6.27. The number of hydrazone groups is 1. The number of nitrogens with zero attached hydrogens (tertiary/aromatic N) is 4. The quantitative estimate of drug-likeness (QED) is 0.153. The average molecular weight is 751 g/mol. The Labute approximate surface area is 272 Å². The Bertz CT molecular complexity index is 1900. The maximum atomic E-state index is 6.27. The molecule has 0 spiro atoms. The summed E-state index contributed by atoms with van der Waals surface area (Å²) in [7, 11) is 0. The van der Waals surface area contributed by atoms with Crippen molar-refractivity contribution in [1.82, 2.24) is 4.98 Å². The molecule has 2 heterocycles. The normalized spacial score (nSPS) is 12.4. The van der Waals surface area contributed by atoms with E-state index in [1.807, 2.05) is 103 Å². The van der Waals surface area contributed by atoms with Gasteiger partial charge in [-0.2, -0.15) is 11.2 Å². The summed E-state index contributed by atoms with van der Waals surface area (Å²) >= 11 is 0. The fourth-order valence-electron chi connectivity index (χ4n) is 4.98. The smallest absolute Gasteiger partial charge is 0.129 e. The third-order valence-electron chi connectivity index (χ3n) is 7.03. The van der Waals surface area contributed by atoms with Crippen molar-refractivity contribution in [2.75, 3.05) is 9.91 Å². The Balaban J connectivity index is 0.00000343. The summed E-state index contributed by atoms with van der Waals surface area (Å²) in [6.07, 6.45) is 0. The molecular formula is C38H27N4OPt-3. The van der Waals surface area contributed by atoms with Gasteiger partial charge in [0.15, 0.2) is 0 Å². The zero-order valence-corrected chi connectivity index (χ0v) is 26.1. The summed E-state index contributed by atoms with van der Waals surface area (Å²) in [4.78, 5) is 7.00. The summed E-state index contributed by atoms with van der Waals surface area (Å²) in [5, 5.41) is 6.77. The van der Waals surface area contributed by atoms with E-state index in [9.17, 15) is 0 Å². The molecule has 0 aliphatic carbocycles. The molecule has 0 N–H and O–H groups in total. The van der Waals surface area contributed by atoms with Gasteiger partial charge in [-0.3, -0.25) is 4.98 Å². The van der Waals surface area contributed by atoms with Crippen LogP contribution in [0.15, 0.2) is 145 Å². The van der Waals surface area contributed by atoms with Gasteiger partial charge in [0.25, 0.3) is 0 Å². The Morgan fingerprint density at radius 1 is 0.636 bits per heavy atom. The first-order valence-electron chi connectivity index (χ1n) is 14.1.